The van der Waals surface area contributed by atoms with Crippen molar-refractivity contribution in [1.29, 1.82) is 0 Å². The summed E-state index contributed by atoms with van der Waals surface area (Å²) < 4.78 is 11.4. The molecule has 0 unspecified atom stereocenters. The minimum Gasteiger partial charge on any atom is -0.493 e. The maximum Gasteiger partial charge on any atom is 0.239 e. The van der Waals surface area contributed by atoms with Crippen LogP contribution in [-0.4, -0.2) is 64.0 Å². The highest BCUT2D eigenvalue weighted by Crippen LogP contribution is 2.30. The van der Waals surface area contributed by atoms with E-state index >= 15 is 0 Å². The SMILES string of the molecule is C=C(/N=C\C=C(/C)NCC(=O)NC)Nc1ccc(OC)c(OCCCN2CCCC2)c1. The van der Waals surface area contributed by atoms with E-state index in [1.807, 2.05) is 25.1 Å². The predicted molar refractivity (Wildman–Crippen MR) is 126 cm³/mol. The van der Waals surface area contributed by atoms with Gasteiger partial charge in [-0.3, -0.25) is 4.79 Å². The fourth-order valence-corrected chi connectivity index (χ4v) is 3.15. The number of allylic oxidation sites excluding steroid dienone is 2. The normalized spacial score (nSPS) is 14.5. The number of benzene rings is 1. The first kappa shape index (κ1) is 24.3. The van der Waals surface area contributed by atoms with Crippen LogP contribution in [0.5, 0.6) is 11.5 Å². The number of rotatable bonds is 13. The van der Waals surface area contributed by atoms with Gasteiger partial charge in [0.25, 0.3) is 0 Å². The van der Waals surface area contributed by atoms with Crippen LogP contribution in [0, 0.1) is 0 Å². The molecule has 1 fully saturated rings. The molecule has 3 N–H and O–H groups in total. The molecule has 1 saturated heterocycles. The van der Waals surface area contributed by atoms with Gasteiger partial charge in [0.15, 0.2) is 11.5 Å². The van der Waals surface area contributed by atoms with E-state index in [2.05, 4.69) is 32.4 Å². The molecule has 8 nitrogen and oxygen atoms in total. The van der Waals surface area contributed by atoms with Crippen LogP contribution in [0.4, 0.5) is 5.69 Å². The van der Waals surface area contributed by atoms with Crippen LogP contribution >= 0.6 is 0 Å². The number of hydrogen-bond acceptors (Lipinski definition) is 7. The van der Waals surface area contributed by atoms with Crippen molar-refractivity contribution in [2.24, 2.45) is 4.99 Å². The zero-order valence-corrected chi connectivity index (χ0v) is 18.9. The van der Waals surface area contributed by atoms with Crippen molar-refractivity contribution in [2.45, 2.75) is 26.2 Å². The molecule has 0 aliphatic carbocycles. The molecule has 1 aliphatic rings. The number of anilines is 1. The molecule has 1 aromatic carbocycles. The van der Waals surface area contributed by atoms with Crippen molar-refractivity contribution >= 4 is 17.8 Å². The molecule has 0 radical (unpaired) electrons. The number of likely N-dealkylation sites (N-methyl/N-ethyl adjacent to an activating group) is 1. The van der Waals surface area contributed by atoms with Gasteiger partial charge in [0.1, 0.15) is 5.82 Å². The van der Waals surface area contributed by atoms with Crippen LogP contribution in [0.3, 0.4) is 0 Å². The summed E-state index contributed by atoms with van der Waals surface area (Å²) in [7, 11) is 3.24. The maximum atomic E-state index is 11.2. The Labute approximate surface area is 185 Å². The van der Waals surface area contributed by atoms with Crippen molar-refractivity contribution in [1.82, 2.24) is 15.5 Å². The van der Waals surface area contributed by atoms with Crippen molar-refractivity contribution in [3.05, 3.63) is 42.4 Å². The average Bonchev–Trinajstić information content (AvgIpc) is 3.28. The van der Waals surface area contributed by atoms with E-state index in [1.165, 1.54) is 25.9 Å². The van der Waals surface area contributed by atoms with Crippen LogP contribution in [0.15, 0.2) is 47.4 Å². The molecule has 0 aromatic heterocycles. The lowest BCUT2D eigenvalue weighted by Gasteiger charge is -2.16. The van der Waals surface area contributed by atoms with Gasteiger partial charge in [-0.15, -0.1) is 0 Å². The van der Waals surface area contributed by atoms with E-state index in [1.54, 1.807) is 26.4 Å². The molecule has 0 saturated carbocycles. The standard InChI is InChI=1S/C23H35N5O3/c1-18(26-17-23(29)24-3)10-11-25-19(2)27-20-8-9-21(30-4)22(16-20)31-15-7-14-28-12-5-6-13-28/h8-11,16,26-27H,2,5-7,12-15,17H2,1,3-4H3,(H,24,29)/b18-10+,25-11-. The van der Waals surface area contributed by atoms with Gasteiger partial charge in [-0.05, 0) is 57.5 Å². The van der Waals surface area contributed by atoms with Gasteiger partial charge in [-0.1, -0.05) is 6.58 Å². The monoisotopic (exact) mass is 429 g/mol. The summed E-state index contributed by atoms with van der Waals surface area (Å²) in [4.78, 5) is 18.0. The number of methoxy groups -OCH3 is 1. The quantitative estimate of drug-likeness (QED) is 0.330. The lowest BCUT2D eigenvalue weighted by Crippen LogP contribution is -2.30. The lowest BCUT2D eigenvalue weighted by molar-refractivity contribution is -0.119. The second-order valence-electron chi connectivity index (χ2n) is 7.34. The molecule has 170 valence electrons. The van der Waals surface area contributed by atoms with Crippen LogP contribution in [0.2, 0.25) is 0 Å². The zero-order chi connectivity index (χ0) is 22.5. The topological polar surface area (TPSA) is 87.2 Å². The highest BCUT2D eigenvalue weighted by atomic mass is 16.5. The second kappa shape index (κ2) is 13.3. The van der Waals surface area contributed by atoms with E-state index in [0.29, 0.717) is 23.9 Å². The zero-order valence-electron chi connectivity index (χ0n) is 18.9. The summed E-state index contributed by atoms with van der Waals surface area (Å²) in [6.07, 6.45) is 6.99. The Bertz CT molecular complexity index is 785. The van der Waals surface area contributed by atoms with Crippen LogP contribution < -0.4 is 25.4 Å². The van der Waals surface area contributed by atoms with E-state index in [0.717, 1.165) is 24.4 Å². The van der Waals surface area contributed by atoms with Gasteiger partial charge in [0.2, 0.25) is 5.91 Å². The number of likely N-dealkylation sites (tertiary alicyclic amines) is 1. The number of hydrogen-bond donors (Lipinski definition) is 3. The molecule has 1 heterocycles. The number of nitrogens with one attached hydrogen (secondary N) is 3. The molecule has 1 aromatic rings. The third kappa shape index (κ3) is 9.13. The van der Waals surface area contributed by atoms with Crippen molar-refractivity contribution in [3.8, 4) is 11.5 Å². The molecular formula is C23H35N5O3. The highest BCUT2D eigenvalue weighted by Gasteiger charge is 2.11. The summed E-state index contributed by atoms with van der Waals surface area (Å²) in [6.45, 7) is 10.1. The minimum atomic E-state index is -0.0793. The summed E-state index contributed by atoms with van der Waals surface area (Å²) >= 11 is 0. The molecular weight excluding hydrogens is 394 g/mol. The Kier molecular flexibility index (Phi) is 10.4. The van der Waals surface area contributed by atoms with Crippen molar-refractivity contribution < 1.29 is 14.3 Å². The van der Waals surface area contributed by atoms with Crippen LogP contribution in [-0.2, 0) is 4.79 Å². The number of ether oxygens (including phenoxy) is 2. The third-order valence-electron chi connectivity index (χ3n) is 4.89. The number of nitrogens with zero attached hydrogens (tertiary/aromatic N) is 2. The number of aliphatic imine (C=N–C) groups is 1. The number of carbonyl (C=O) groups excluding carboxylic acids is 1. The molecule has 2 rings (SSSR count). The molecule has 8 heteroatoms. The number of carbonyl (C=O) groups is 1. The fraction of sp³-hybridized carbons (Fsp3) is 0.478. The minimum absolute atomic E-state index is 0.0793. The van der Waals surface area contributed by atoms with Gasteiger partial charge in [0.05, 0.1) is 20.3 Å². The van der Waals surface area contributed by atoms with Crippen molar-refractivity contribution in [3.63, 3.8) is 0 Å². The first-order valence-electron chi connectivity index (χ1n) is 10.7. The van der Waals surface area contributed by atoms with Gasteiger partial charge in [-0.25, -0.2) is 4.99 Å². The Morgan fingerprint density at radius 2 is 2.06 bits per heavy atom. The molecule has 0 bridgehead atoms. The molecule has 1 aliphatic heterocycles. The smallest absolute Gasteiger partial charge is 0.239 e. The Morgan fingerprint density at radius 1 is 1.29 bits per heavy atom. The summed E-state index contributed by atoms with van der Waals surface area (Å²) in [5.74, 6) is 1.80. The van der Waals surface area contributed by atoms with E-state index < -0.39 is 0 Å². The summed E-state index contributed by atoms with van der Waals surface area (Å²) in [6, 6.07) is 5.64. The summed E-state index contributed by atoms with van der Waals surface area (Å²) in [5, 5.41) is 8.70. The van der Waals surface area contributed by atoms with Crippen molar-refractivity contribution in [2.75, 3.05) is 52.3 Å². The van der Waals surface area contributed by atoms with Crippen LogP contribution in [0.25, 0.3) is 0 Å². The highest BCUT2D eigenvalue weighted by molar-refractivity contribution is 5.78. The predicted octanol–water partition coefficient (Wildman–Crippen LogP) is 2.75. The molecule has 0 spiro atoms. The van der Waals surface area contributed by atoms with E-state index in [9.17, 15) is 4.79 Å². The fourth-order valence-electron chi connectivity index (χ4n) is 3.15. The van der Waals surface area contributed by atoms with Gasteiger partial charge >= 0.3 is 0 Å². The molecule has 0 atom stereocenters. The Balaban J connectivity index is 1.83. The Morgan fingerprint density at radius 3 is 2.77 bits per heavy atom. The number of amides is 1. The van der Waals surface area contributed by atoms with Crippen LogP contribution in [0.1, 0.15) is 26.2 Å². The molecule has 31 heavy (non-hydrogen) atoms. The van der Waals surface area contributed by atoms with Gasteiger partial charge in [0, 0.05) is 37.3 Å². The van der Waals surface area contributed by atoms with Gasteiger partial charge in [-0.2, -0.15) is 0 Å². The largest absolute Gasteiger partial charge is 0.493 e. The first-order valence-corrected chi connectivity index (χ1v) is 10.7. The third-order valence-corrected chi connectivity index (χ3v) is 4.89. The Hall–Kier alpha value is -3.00. The molecule has 1 amide bonds. The first-order chi connectivity index (χ1) is 15.0. The van der Waals surface area contributed by atoms with Gasteiger partial charge < -0.3 is 30.3 Å². The maximum absolute atomic E-state index is 11.2. The second-order valence-corrected chi connectivity index (χ2v) is 7.34. The lowest BCUT2D eigenvalue weighted by atomic mass is 10.2. The van der Waals surface area contributed by atoms with E-state index in [-0.39, 0.29) is 12.5 Å². The average molecular weight is 430 g/mol. The summed E-state index contributed by atoms with van der Waals surface area (Å²) in [5.41, 5.74) is 1.64. The van der Waals surface area contributed by atoms with E-state index in [4.69, 9.17) is 9.47 Å².